The Labute approximate surface area is 142 Å². The van der Waals surface area contributed by atoms with E-state index in [1.165, 1.54) is 13.3 Å². The molecule has 1 aromatic carbocycles. The number of fused-ring (bicyclic) bond motifs is 1. The Morgan fingerprint density at radius 1 is 1.24 bits per heavy atom. The molecule has 1 aliphatic carbocycles. The number of esters is 1. The van der Waals surface area contributed by atoms with Gasteiger partial charge in [0.05, 0.1) is 18.0 Å². The van der Waals surface area contributed by atoms with Gasteiger partial charge in [-0.25, -0.2) is 13.6 Å². The van der Waals surface area contributed by atoms with Crippen LogP contribution in [0.2, 0.25) is 0 Å². The number of hydrogen-bond donors (Lipinski definition) is 0. The molecule has 2 aromatic rings. The van der Waals surface area contributed by atoms with Crippen LogP contribution in [-0.2, 0) is 4.74 Å². The van der Waals surface area contributed by atoms with Crippen molar-refractivity contribution >= 4 is 22.6 Å². The van der Waals surface area contributed by atoms with Gasteiger partial charge in [-0.15, -0.1) is 0 Å². The SMILES string of the molecule is COC(=O)c1cn(C2CC2)c2c(F)c(N3CCCC3)c(F)cc2c1=O. The highest BCUT2D eigenvalue weighted by Gasteiger charge is 2.31. The van der Waals surface area contributed by atoms with Gasteiger partial charge >= 0.3 is 5.97 Å². The average Bonchev–Trinajstić information content (AvgIpc) is 3.31. The fourth-order valence-corrected chi connectivity index (χ4v) is 3.56. The summed E-state index contributed by atoms with van der Waals surface area (Å²) in [7, 11) is 1.17. The van der Waals surface area contributed by atoms with E-state index in [1.807, 2.05) is 0 Å². The van der Waals surface area contributed by atoms with Crippen LogP contribution in [0.25, 0.3) is 10.9 Å². The first-order valence-corrected chi connectivity index (χ1v) is 8.43. The minimum Gasteiger partial charge on any atom is -0.465 e. The van der Waals surface area contributed by atoms with E-state index in [-0.39, 0.29) is 28.2 Å². The van der Waals surface area contributed by atoms with E-state index in [4.69, 9.17) is 0 Å². The lowest BCUT2D eigenvalue weighted by molar-refractivity contribution is 0.0598. The largest absolute Gasteiger partial charge is 0.465 e. The molecule has 0 spiro atoms. The Bertz CT molecular complexity index is 928. The monoisotopic (exact) mass is 348 g/mol. The first-order chi connectivity index (χ1) is 12.0. The van der Waals surface area contributed by atoms with Crippen LogP contribution in [0.15, 0.2) is 17.1 Å². The fourth-order valence-electron chi connectivity index (χ4n) is 3.56. The molecule has 7 heteroatoms. The lowest BCUT2D eigenvalue weighted by Gasteiger charge is -2.22. The third kappa shape index (κ3) is 2.49. The second-order valence-corrected chi connectivity index (χ2v) is 6.61. The molecule has 25 heavy (non-hydrogen) atoms. The minimum atomic E-state index is -0.800. The van der Waals surface area contributed by atoms with Crippen LogP contribution in [-0.4, -0.2) is 30.7 Å². The quantitative estimate of drug-likeness (QED) is 0.800. The number of ether oxygens (including phenoxy) is 1. The van der Waals surface area contributed by atoms with Crippen molar-refractivity contribution in [2.45, 2.75) is 31.7 Å². The van der Waals surface area contributed by atoms with Gasteiger partial charge in [0.2, 0.25) is 5.43 Å². The zero-order valence-electron chi connectivity index (χ0n) is 13.8. The maximum atomic E-state index is 15.3. The van der Waals surface area contributed by atoms with Crippen molar-refractivity contribution in [3.63, 3.8) is 0 Å². The molecule has 0 radical (unpaired) electrons. The van der Waals surface area contributed by atoms with Gasteiger partial charge in [-0.3, -0.25) is 4.79 Å². The van der Waals surface area contributed by atoms with Crippen molar-refractivity contribution < 1.29 is 18.3 Å². The maximum Gasteiger partial charge on any atom is 0.343 e. The van der Waals surface area contributed by atoms with Crippen molar-refractivity contribution in [3.8, 4) is 0 Å². The number of rotatable bonds is 3. The minimum absolute atomic E-state index is 0.0119. The van der Waals surface area contributed by atoms with Crippen molar-refractivity contribution in [1.82, 2.24) is 4.57 Å². The molecule has 132 valence electrons. The van der Waals surface area contributed by atoms with Crippen LogP contribution < -0.4 is 10.3 Å². The van der Waals surface area contributed by atoms with Crippen molar-refractivity contribution in [2.75, 3.05) is 25.1 Å². The van der Waals surface area contributed by atoms with E-state index in [9.17, 15) is 14.0 Å². The zero-order valence-corrected chi connectivity index (χ0v) is 13.8. The van der Waals surface area contributed by atoms with E-state index in [0.29, 0.717) is 13.1 Å². The molecular formula is C18H18F2N2O3. The molecule has 1 aromatic heterocycles. The van der Waals surface area contributed by atoms with Crippen LogP contribution in [0.4, 0.5) is 14.5 Å². The lowest BCUT2D eigenvalue weighted by Crippen LogP contribution is -2.24. The van der Waals surface area contributed by atoms with Gasteiger partial charge in [-0.2, -0.15) is 0 Å². The molecule has 1 saturated heterocycles. The Balaban J connectivity index is 2.04. The van der Waals surface area contributed by atoms with E-state index < -0.39 is 23.0 Å². The molecule has 2 fully saturated rings. The summed E-state index contributed by atoms with van der Waals surface area (Å²) in [5, 5.41) is -0.118. The van der Waals surface area contributed by atoms with Gasteiger partial charge in [-0.05, 0) is 31.7 Å². The van der Waals surface area contributed by atoms with Crippen LogP contribution in [0.1, 0.15) is 42.1 Å². The summed E-state index contributed by atoms with van der Waals surface area (Å²) in [5.41, 5.74) is -0.910. The first kappa shape index (κ1) is 16.1. The molecular weight excluding hydrogens is 330 g/mol. The van der Waals surface area contributed by atoms with Gasteiger partial charge in [0.1, 0.15) is 17.1 Å². The molecule has 0 atom stereocenters. The fraction of sp³-hybridized carbons (Fsp3) is 0.444. The molecule has 0 unspecified atom stereocenters. The molecule has 0 N–H and O–H groups in total. The van der Waals surface area contributed by atoms with Gasteiger partial charge in [-0.1, -0.05) is 0 Å². The number of aromatic nitrogens is 1. The van der Waals surface area contributed by atoms with Crippen LogP contribution in [0, 0.1) is 11.6 Å². The second-order valence-electron chi connectivity index (χ2n) is 6.61. The number of benzene rings is 1. The molecule has 5 nitrogen and oxygen atoms in total. The second kappa shape index (κ2) is 5.82. The number of halogens is 2. The highest BCUT2D eigenvalue weighted by Crippen LogP contribution is 2.40. The molecule has 2 heterocycles. The van der Waals surface area contributed by atoms with Gasteiger partial charge in [0.15, 0.2) is 5.82 Å². The smallest absolute Gasteiger partial charge is 0.343 e. The zero-order chi connectivity index (χ0) is 17.7. The number of methoxy groups -OCH3 is 1. The predicted molar refractivity (Wildman–Crippen MR) is 89.2 cm³/mol. The molecule has 4 rings (SSSR count). The number of hydrogen-bond acceptors (Lipinski definition) is 4. The number of nitrogens with zero attached hydrogens (tertiary/aromatic N) is 2. The van der Waals surface area contributed by atoms with Crippen molar-refractivity contribution in [2.24, 2.45) is 0 Å². The summed E-state index contributed by atoms with van der Waals surface area (Å²) in [4.78, 5) is 26.2. The van der Waals surface area contributed by atoms with Crippen LogP contribution in [0.3, 0.4) is 0 Å². The van der Waals surface area contributed by atoms with Crippen LogP contribution in [0.5, 0.6) is 0 Å². The van der Waals surface area contributed by atoms with Crippen molar-refractivity contribution in [1.29, 1.82) is 0 Å². The standard InChI is InChI=1S/C18H18F2N2O3/c1-25-18(24)12-9-22(10-4-5-10)15-11(17(12)23)8-13(19)16(14(15)20)21-6-2-3-7-21/h8-10H,2-7H2,1H3. The maximum absolute atomic E-state index is 15.3. The van der Waals surface area contributed by atoms with Crippen molar-refractivity contribution in [3.05, 3.63) is 39.7 Å². The Kier molecular flexibility index (Phi) is 3.74. The average molecular weight is 348 g/mol. The Morgan fingerprint density at radius 2 is 1.92 bits per heavy atom. The number of carbonyl (C=O) groups excluding carboxylic acids is 1. The van der Waals surface area contributed by atoms with E-state index in [2.05, 4.69) is 4.74 Å². The highest BCUT2D eigenvalue weighted by molar-refractivity contribution is 5.95. The summed E-state index contributed by atoms with van der Waals surface area (Å²) in [6.45, 7) is 1.18. The summed E-state index contributed by atoms with van der Waals surface area (Å²) in [5.74, 6) is -2.29. The number of pyridine rings is 1. The summed E-state index contributed by atoms with van der Waals surface area (Å²) in [6.07, 6.45) is 4.77. The molecule has 0 amide bonds. The normalized spacial score (nSPS) is 17.3. The topological polar surface area (TPSA) is 51.5 Å². The molecule has 1 aliphatic heterocycles. The first-order valence-electron chi connectivity index (χ1n) is 8.43. The highest BCUT2D eigenvalue weighted by atomic mass is 19.1. The Morgan fingerprint density at radius 3 is 2.52 bits per heavy atom. The summed E-state index contributed by atoms with van der Waals surface area (Å²) in [6, 6.07) is 1.07. The lowest BCUT2D eigenvalue weighted by atomic mass is 10.1. The number of carbonyl (C=O) groups is 1. The van der Waals surface area contributed by atoms with E-state index in [1.54, 1.807) is 9.47 Å². The molecule has 0 bridgehead atoms. The summed E-state index contributed by atoms with van der Waals surface area (Å²) < 4.78 is 36.1. The Hall–Kier alpha value is -2.44. The molecule has 1 saturated carbocycles. The van der Waals surface area contributed by atoms with Gasteiger partial charge in [0.25, 0.3) is 0 Å². The molecule has 2 aliphatic rings. The number of anilines is 1. The third-order valence-corrected chi connectivity index (χ3v) is 4.95. The van der Waals surface area contributed by atoms with Gasteiger partial charge in [0, 0.05) is 25.3 Å². The van der Waals surface area contributed by atoms with E-state index in [0.717, 1.165) is 31.7 Å². The van der Waals surface area contributed by atoms with Gasteiger partial charge < -0.3 is 14.2 Å². The van der Waals surface area contributed by atoms with Crippen LogP contribution >= 0.6 is 0 Å². The third-order valence-electron chi connectivity index (χ3n) is 4.95. The van der Waals surface area contributed by atoms with E-state index >= 15 is 4.39 Å². The predicted octanol–water partition coefficient (Wildman–Crippen LogP) is 3.00. The summed E-state index contributed by atoms with van der Waals surface area (Å²) >= 11 is 0.